The second kappa shape index (κ2) is 21.5. The van der Waals surface area contributed by atoms with E-state index in [1.165, 1.54) is 24.4 Å². The first-order chi connectivity index (χ1) is 26.1. The first-order valence-corrected chi connectivity index (χ1v) is 22.3. The number of ether oxygens (including phenoxy) is 1. The van der Waals surface area contributed by atoms with Crippen LogP contribution in [0.1, 0.15) is 78.4 Å². The predicted octanol–water partition coefficient (Wildman–Crippen LogP) is 11.1. The fraction of sp³-hybridized carbons (Fsp3) is 0.359. The Kier molecular flexibility index (Phi) is 17.6. The van der Waals surface area contributed by atoms with Crippen molar-refractivity contribution in [3.05, 3.63) is 123 Å². The van der Waals surface area contributed by atoms with Crippen LogP contribution in [0.5, 0.6) is 0 Å². The van der Waals surface area contributed by atoms with Gasteiger partial charge >= 0.3 is 6.18 Å². The maximum atomic E-state index is 13.3. The third-order valence-electron chi connectivity index (χ3n) is 7.95. The largest absolute Gasteiger partial charge is 0.416 e. The summed E-state index contributed by atoms with van der Waals surface area (Å²) < 4.78 is 49.5. The Hall–Kier alpha value is -4.51. The fourth-order valence-corrected chi connectivity index (χ4v) is 6.60. The lowest BCUT2D eigenvalue weighted by atomic mass is 10.0. The van der Waals surface area contributed by atoms with Gasteiger partial charge in [-0.25, -0.2) is 0 Å². The van der Waals surface area contributed by atoms with Gasteiger partial charge in [0.1, 0.15) is 11.2 Å². The first-order valence-electron chi connectivity index (χ1n) is 17.6. The van der Waals surface area contributed by atoms with Crippen LogP contribution in [0.4, 0.5) is 24.5 Å². The highest BCUT2D eigenvalue weighted by atomic mass is 127. The quantitative estimate of drug-likeness (QED) is 0.0377. The minimum atomic E-state index is -4.47. The topological polar surface area (TPSA) is 142 Å². The van der Waals surface area contributed by atoms with Gasteiger partial charge in [0.25, 0.3) is 11.8 Å². The van der Waals surface area contributed by atoms with E-state index in [9.17, 15) is 22.8 Å². The SMILES string of the molecule is CC(C)OCS(C)(I)ON=[N+]=[N-].CCCc1cccc(C(=O)Nc2ccc(N(CC)CC)cc2-c2cc(C(=O)NCc3cccc(C(F)(F)F)c3)ccn2)c1. The molecule has 16 heteroatoms. The molecular formula is C39H47F3IN7O4S. The summed E-state index contributed by atoms with van der Waals surface area (Å²) in [5, 5.41) is 8.76. The highest BCUT2D eigenvalue weighted by Gasteiger charge is 2.30. The van der Waals surface area contributed by atoms with Crippen LogP contribution in [0, 0.1) is 0 Å². The Morgan fingerprint density at radius 1 is 0.964 bits per heavy atom. The summed E-state index contributed by atoms with van der Waals surface area (Å²) in [6.07, 6.45) is 0.907. The molecular weight excluding hydrogens is 846 g/mol. The van der Waals surface area contributed by atoms with E-state index < -0.39 is 25.1 Å². The summed E-state index contributed by atoms with van der Waals surface area (Å²) in [5.41, 5.74) is 12.1. The lowest BCUT2D eigenvalue weighted by Crippen LogP contribution is -2.23. The van der Waals surface area contributed by atoms with Crippen LogP contribution in [0.25, 0.3) is 21.7 Å². The molecule has 2 N–H and O–H groups in total. The van der Waals surface area contributed by atoms with E-state index in [2.05, 4.69) is 72.7 Å². The number of nitrogens with one attached hydrogen (secondary N) is 2. The van der Waals surface area contributed by atoms with Gasteiger partial charge in [0, 0.05) is 80.6 Å². The van der Waals surface area contributed by atoms with Gasteiger partial charge in [0.15, 0.2) is 0 Å². The van der Waals surface area contributed by atoms with Crippen LogP contribution in [-0.4, -0.2) is 48.2 Å². The van der Waals surface area contributed by atoms with Gasteiger partial charge in [-0.15, -0.1) is 0 Å². The summed E-state index contributed by atoms with van der Waals surface area (Å²) in [4.78, 5) is 35.5. The second-order valence-electron chi connectivity index (χ2n) is 12.6. The molecule has 55 heavy (non-hydrogen) atoms. The van der Waals surface area contributed by atoms with Crippen LogP contribution in [0.3, 0.4) is 0 Å². The number of carbonyl (C=O) groups is 2. The first kappa shape index (κ1) is 44.9. The van der Waals surface area contributed by atoms with Crippen LogP contribution in [0.2, 0.25) is 0 Å². The number of pyridine rings is 1. The summed E-state index contributed by atoms with van der Waals surface area (Å²) in [5.74, 6) is -0.242. The Morgan fingerprint density at radius 2 is 1.65 bits per heavy atom. The number of halogens is 4. The summed E-state index contributed by atoms with van der Waals surface area (Å²) in [6.45, 7) is 11.6. The Labute approximate surface area is 334 Å². The van der Waals surface area contributed by atoms with Crippen molar-refractivity contribution in [1.82, 2.24) is 10.3 Å². The monoisotopic (exact) mass is 893 g/mol. The molecule has 0 saturated carbocycles. The van der Waals surface area contributed by atoms with Crippen molar-refractivity contribution >= 4 is 51.9 Å². The summed E-state index contributed by atoms with van der Waals surface area (Å²) in [7, 11) is -1.41. The van der Waals surface area contributed by atoms with Gasteiger partial charge in [0.2, 0.25) is 0 Å². The van der Waals surface area contributed by atoms with Gasteiger partial charge in [-0.3, -0.25) is 14.6 Å². The second-order valence-corrected chi connectivity index (χ2v) is 20.4. The van der Waals surface area contributed by atoms with Crippen LogP contribution < -0.4 is 15.5 Å². The summed E-state index contributed by atoms with van der Waals surface area (Å²) in [6, 6.07) is 21.2. The molecule has 0 bridgehead atoms. The average molecular weight is 894 g/mol. The molecule has 2 amide bonds. The number of alkyl halides is 3. The number of hydrogen-bond acceptors (Lipinski definition) is 7. The van der Waals surface area contributed by atoms with Crippen molar-refractivity contribution in [3.8, 4) is 11.3 Å². The molecule has 11 nitrogen and oxygen atoms in total. The van der Waals surface area contributed by atoms with Crippen molar-refractivity contribution in [1.29, 1.82) is 0 Å². The van der Waals surface area contributed by atoms with Gasteiger partial charge in [-0.1, -0.05) is 37.6 Å². The minimum absolute atomic E-state index is 0.0732. The third-order valence-corrected chi connectivity index (χ3v) is 10.1. The molecule has 0 saturated heterocycles. The van der Waals surface area contributed by atoms with Gasteiger partial charge in [-0.2, -0.15) is 13.2 Å². The number of aromatic nitrogens is 1. The molecule has 1 aromatic heterocycles. The molecule has 4 aromatic rings. The molecule has 0 spiro atoms. The van der Waals surface area contributed by atoms with Crippen LogP contribution >= 0.6 is 28.7 Å². The van der Waals surface area contributed by atoms with E-state index in [1.807, 2.05) is 56.5 Å². The van der Waals surface area contributed by atoms with E-state index in [1.54, 1.807) is 12.1 Å². The Bertz CT molecular complexity index is 1940. The lowest BCUT2D eigenvalue weighted by Gasteiger charge is -2.25. The highest BCUT2D eigenvalue weighted by molar-refractivity contribution is 14.2. The molecule has 3 aromatic carbocycles. The van der Waals surface area contributed by atoms with Crippen molar-refractivity contribution in [3.63, 3.8) is 0 Å². The molecule has 1 atom stereocenters. The van der Waals surface area contributed by atoms with Gasteiger partial charge in [-0.05, 0) is 113 Å². The van der Waals surface area contributed by atoms with Crippen LogP contribution in [0.15, 0.2) is 90.3 Å². The smallest absolute Gasteiger partial charge is 0.372 e. The number of aryl methyl sites for hydroxylation is 1. The number of rotatable bonds is 16. The molecule has 296 valence electrons. The zero-order valence-electron chi connectivity index (χ0n) is 31.7. The summed E-state index contributed by atoms with van der Waals surface area (Å²) >= 11 is 2.10. The normalized spacial score (nSPS) is 12.6. The van der Waals surface area contributed by atoms with E-state index in [0.717, 1.165) is 49.3 Å². The van der Waals surface area contributed by atoms with E-state index in [4.69, 9.17) is 14.6 Å². The van der Waals surface area contributed by atoms with Crippen LogP contribution in [-0.2, 0) is 28.2 Å². The molecule has 0 aliphatic rings. The number of hydrogen-bond donors (Lipinski definition) is 2. The van der Waals surface area contributed by atoms with E-state index in [0.29, 0.717) is 34.0 Å². The maximum Gasteiger partial charge on any atom is 0.416 e. The minimum Gasteiger partial charge on any atom is -0.372 e. The highest BCUT2D eigenvalue weighted by Crippen LogP contribution is 2.54. The predicted molar refractivity (Wildman–Crippen MR) is 223 cm³/mol. The number of amides is 2. The molecule has 0 aliphatic carbocycles. The molecule has 4 rings (SSSR count). The molecule has 1 unspecified atom stereocenters. The van der Waals surface area contributed by atoms with Gasteiger partial charge in [0.05, 0.1) is 23.0 Å². The third kappa shape index (κ3) is 14.6. The molecule has 0 radical (unpaired) electrons. The number of carbonyl (C=O) groups excluding carboxylic acids is 2. The van der Waals surface area contributed by atoms with Gasteiger partial charge < -0.3 is 24.6 Å². The average Bonchev–Trinajstić information content (AvgIpc) is 3.16. The van der Waals surface area contributed by atoms with Crippen molar-refractivity contribution in [2.24, 2.45) is 5.28 Å². The zero-order chi connectivity index (χ0) is 40.6. The van der Waals surface area contributed by atoms with E-state index >= 15 is 0 Å². The standard InChI is InChI=1S/C34H35F3N4O2.C5H12IN3O2S/c1-4-9-23-10-7-12-25(18-23)33(43)40-30-15-14-28(41(5-2)6-3)21-29(30)31-20-26(16-17-38-31)32(42)39-22-24-11-8-13-27(19-24)34(35,36)37;1-5(2)10-4-12(3,6)11-9-8-7/h7-8,10-21H,4-6,9,22H2,1-3H3,(H,39,42)(H,40,43);5H,4H2,1-3H3. The Balaban J connectivity index is 0.000000583. The van der Waals surface area contributed by atoms with E-state index in [-0.39, 0.29) is 24.1 Å². The number of anilines is 2. The fourth-order valence-electron chi connectivity index (χ4n) is 5.21. The number of azide groups is 1. The molecule has 1 heterocycles. The molecule has 0 fully saturated rings. The number of nitrogens with zero attached hydrogens (tertiary/aromatic N) is 5. The lowest BCUT2D eigenvalue weighted by molar-refractivity contribution is -0.137. The maximum absolute atomic E-state index is 13.3. The Morgan fingerprint density at radius 3 is 2.31 bits per heavy atom. The van der Waals surface area contributed by atoms with Crippen molar-refractivity contribution in [2.75, 3.05) is 35.5 Å². The number of benzene rings is 3. The zero-order valence-corrected chi connectivity index (χ0v) is 34.7. The van der Waals surface area contributed by atoms with Crippen molar-refractivity contribution < 1.29 is 31.8 Å². The van der Waals surface area contributed by atoms with Crippen molar-refractivity contribution in [2.45, 2.75) is 66.3 Å². The molecule has 0 aliphatic heterocycles.